The third kappa shape index (κ3) is 3.14. The maximum atomic E-state index is 8.36. The second kappa shape index (κ2) is 6.88. The number of nitrogens with one attached hydrogen (secondary N) is 1. The van der Waals surface area contributed by atoms with Crippen LogP contribution in [-0.4, -0.2) is 65.4 Å². The molecular weight excluding hydrogens is 339 g/mol. The molecule has 0 fully saturated rings. The van der Waals surface area contributed by atoms with Crippen LogP contribution in [-0.2, 0) is 4.79 Å². The molecule has 0 atom stereocenters. The first-order valence-electron chi connectivity index (χ1n) is 4.90. The van der Waals surface area contributed by atoms with Crippen LogP contribution in [0.2, 0.25) is 0 Å². The van der Waals surface area contributed by atoms with Gasteiger partial charge in [0.05, 0.1) is 0 Å². The molecule has 1 heterocycles. The number of H-pyrrole nitrogens is 1. The molecule has 17 heavy (non-hydrogen) atoms. The van der Waals surface area contributed by atoms with Gasteiger partial charge < -0.3 is 10.1 Å². The van der Waals surface area contributed by atoms with E-state index in [1.807, 2.05) is 0 Å². The zero-order valence-electron chi connectivity index (χ0n) is 8.55. The van der Waals surface area contributed by atoms with Crippen LogP contribution in [0, 0.1) is 0 Å². The molecule has 2 N–H and O–H groups in total. The SMILES string of the molecule is O=CO.[BaH2].c1ccc2c(c1)[nH]c1ccccc12. The Hall–Kier alpha value is -0.719. The number of aromatic amines is 1. The molecule has 0 saturated carbocycles. The minimum Gasteiger partial charge on any atom is -0.355 e. The van der Waals surface area contributed by atoms with E-state index in [-0.39, 0.29) is 55.4 Å². The van der Waals surface area contributed by atoms with Gasteiger partial charge in [-0.3, -0.25) is 4.79 Å². The predicted molar refractivity (Wildman–Crippen MR) is 73.0 cm³/mol. The molecule has 4 heteroatoms. The van der Waals surface area contributed by atoms with Gasteiger partial charge in [0.2, 0.25) is 0 Å². The molecule has 0 radical (unpaired) electrons. The molecule has 0 amide bonds. The Morgan fingerprint density at radius 1 is 0.882 bits per heavy atom. The molecule has 1 aromatic heterocycles. The second-order valence-electron chi connectivity index (χ2n) is 3.32. The summed E-state index contributed by atoms with van der Waals surface area (Å²) in [5.74, 6) is 0. The third-order valence-corrected chi connectivity index (χ3v) is 2.41. The van der Waals surface area contributed by atoms with Crippen LogP contribution >= 0.6 is 0 Å². The van der Waals surface area contributed by atoms with Crippen molar-refractivity contribution in [3.05, 3.63) is 48.5 Å². The Morgan fingerprint density at radius 3 is 1.65 bits per heavy atom. The molecule has 0 aliphatic rings. The van der Waals surface area contributed by atoms with Gasteiger partial charge in [0.25, 0.3) is 6.47 Å². The van der Waals surface area contributed by atoms with Gasteiger partial charge in [-0.2, -0.15) is 0 Å². The Balaban J connectivity index is 0.000000331. The Kier molecular flexibility index (Phi) is 5.81. The number of benzene rings is 2. The normalized spacial score (nSPS) is 9.18. The number of fused-ring (bicyclic) bond motifs is 3. The van der Waals surface area contributed by atoms with Crippen LogP contribution in [0.4, 0.5) is 0 Å². The fraction of sp³-hybridized carbons (Fsp3) is 0. The van der Waals surface area contributed by atoms with E-state index < -0.39 is 0 Å². The van der Waals surface area contributed by atoms with Gasteiger partial charge in [0, 0.05) is 21.8 Å². The molecule has 3 rings (SSSR count). The van der Waals surface area contributed by atoms with Crippen molar-refractivity contribution in [1.29, 1.82) is 0 Å². The van der Waals surface area contributed by atoms with Gasteiger partial charge in [0.1, 0.15) is 0 Å². The van der Waals surface area contributed by atoms with Crippen LogP contribution in [0.15, 0.2) is 48.5 Å². The Morgan fingerprint density at radius 2 is 1.24 bits per heavy atom. The van der Waals surface area contributed by atoms with E-state index in [0.717, 1.165) is 0 Å². The van der Waals surface area contributed by atoms with Gasteiger partial charge in [0.15, 0.2) is 0 Å². The molecule has 0 saturated heterocycles. The van der Waals surface area contributed by atoms with Crippen molar-refractivity contribution in [2.24, 2.45) is 0 Å². The molecule has 0 aliphatic carbocycles. The van der Waals surface area contributed by atoms with Crippen molar-refractivity contribution in [2.45, 2.75) is 0 Å². The number of aromatic nitrogens is 1. The van der Waals surface area contributed by atoms with E-state index in [1.165, 1.54) is 21.8 Å². The second-order valence-corrected chi connectivity index (χ2v) is 3.32. The van der Waals surface area contributed by atoms with E-state index >= 15 is 0 Å². The van der Waals surface area contributed by atoms with Crippen molar-refractivity contribution < 1.29 is 9.90 Å². The van der Waals surface area contributed by atoms with Crippen molar-refractivity contribution in [2.75, 3.05) is 0 Å². The standard InChI is InChI=1S/C12H9N.CH2O2.Ba.2H/c1-3-7-11-9(5-1)10-6-2-4-8-12(10)13-11;2-1-3;;;/h1-8,13H;1H,(H,2,3);;;. The fourth-order valence-corrected chi connectivity index (χ4v) is 1.80. The monoisotopic (exact) mass is 353 g/mol. The first kappa shape index (κ1) is 14.3. The van der Waals surface area contributed by atoms with E-state index in [0.29, 0.717) is 0 Å². The van der Waals surface area contributed by atoms with Gasteiger partial charge in [-0.25, -0.2) is 0 Å². The minimum atomic E-state index is -0.250. The number of rotatable bonds is 0. The Labute approximate surface area is 139 Å². The smallest absolute Gasteiger partial charge is 0.0464 e. The van der Waals surface area contributed by atoms with Gasteiger partial charge >= 0.3 is 48.9 Å². The summed E-state index contributed by atoms with van der Waals surface area (Å²) in [4.78, 5) is 11.7. The molecule has 3 aromatic rings. The van der Waals surface area contributed by atoms with Crippen LogP contribution in [0.5, 0.6) is 0 Å². The molecule has 0 bridgehead atoms. The summed E-state index contributed by atoms with van der Waals surface area (Å²) in [5, 5.41) is 9.50. The maximum Gasteiger partial charge on any atom is 0.0464 e. The molecular formula is C13H13BaNO2. The van der Waals surface area contributed by atoms with Gasteiger partial charge in [-0.05, 0) is 12.1 Å². The van der Waals surface area contributed by atoms with Crippen LogP contribution in [0.25, 0.3) is 21.8 Å². The molecule has 0 spiro atoms. The predicted octanol–water partition coefficient (Wildman–Crippen LogP) is 2.11. The largest absolute Gasteiger partial charge is 0.355 e. The van der Waals surface area contributed by atoms with Crippen LogP contribution < -0.4 is 0 Å². The van der Waals surface area contributed by atoms with Gasteiger partial charge in [-0.1, -0.05) is 36.4 Å². The van der Waals surface area contributed by atoms with E-state index in [2.05, 4.69) is 53.5 Å². The van der Waals surface area contributed by atoms with E-state index in [4.69, 9.17) is 9.90 Å². The maximum absolute atomic E-state index is 8.36. The number of para-hydroxylation sites is 2. The molecule has 0 unspecified atom stereocenters. The van der Waals surface area contributed by atoms with E-state index in [9.17, 15) is 0 Å². The average Bonchev–Trinajstić information content (AvgIpc) is 2.68. The molecule has 3 nitrogen and oxygen atoms in total. The average molecular weight is 353 g/mol. The summed E-state index contributed by atoms with van der Waals surface area (Å²) in [5.41, 5.74) is 2.42. The summed E-state index contributed by atoms with van der Waals surface area (Å²) < 4.78 is 0. The molecule has 2 aromatic carbocycles. The summed E-state index contributed by atoms with van der Waals surface area (Å²) in [7, 11) is 0. The summed E-state index contributed by atoms with van der Waals surface area (Å²) in [6.45, 7) is -0.250. The van der Waals surface area contributed by atoms with Crippen LogP contribution in [0.3, 0.4) is 0 Å². The van der Waals surface area contributed by atoms with Crippen molar-refractivity contribution in [3.8, 4) is 0 Å². The number of carboxylic acid groups (broad SMARTS) is 1. The quantitative estimate of drug-likeness (QED) is 0.481. The topological polar surface area (TPSA) is 53.1 Å². The third-order valence-electron chi connectivity index (χ3n) is 2.41. The zero-order chi connectivity index (χ0) is 11.4. The fourth-order valence-electron chi connectivity index (χ4n) is 1.80. The first-order valence-corrected chi connectivity index (χ1v) is 4.90. The van der Waals surface area contributed by atoms with Crippen LogP contribution in [0.1, 0.15) is 0 Å². The van der Waals surface area contributed by atoms with E-state index in [1.54, 1.807) is 0 Å². The minimum absolute atomic E-state index is 0. The summed E-state index contributed by atoms with van der Waals surface area (Å²) in [6.07, 6.45) is 0. The Bertz CT molecular complexity index is 568. The number of hydrogen-bond donors (Lipinski definition) is 2. The number of hydrogen-bond acceptors (Lipinski definition) is 1. The molecule has 0 aliphatic heterocycles. The van der Waals surface area contributed by atoms with Crippen molar-refractivity contribution in [3.63, 3.8) is 0 Å². The summed E-state index contributed by atoms with van der Waals surface area (Å²) >= 11 is 0. The summed E-state index contributed by atoms with van der Waals surface area (Å²) in [6, 6.07) is 16.8. The van der Waals surface area contributed by atoms with Crippen molar-refractivity contribution >= 4 is 77.2 Å². The number of carbonyl (C=O) groups is 1. The molecule has 84 valence electrons. The van der Waals surface area contributed by atoms with Crippen molar-refractivity contribution in [1.82, 2.24) is 4.98 Å². The first-order chi connectivity index (χ1) is 7.86. The van der Waals surface area contributed by atoms with Gasteiger partial charge in [-0.15, -0.1) is 0 Å². The zero-order valence-corrected chi connectivity index (χ0v) is 8.55.